The van der Waals surface area contributed by atoms with Crippen molar-refractivity contribution in [3.05, 3.63) is 17.8 Å². The molecule has 1 heterocycles. The average molecular weight is 194 g/mol. The maximum Gasteiger partial charge on any atom is 0.148 e. The summed E-state index contributed by atoms with van der Waals surface area (Å²) in [5, 5.41) is 14.4. The maximum absolute atomic E-state index is 4.11. The van der Waals surface area contributed by atoms with E-state index >= 15 is 0 Å². The zero-order valence-corrected chi connectivity index (χ0v) is 8.88. The highest BCUT2D eigenvalue weighted by atomic mass is 15.2. The molecule has 0 unspecified atom stereocenters. The van der Waals surface area contributed by atoms with Crippen LogP contribution in [0.2, 0.25) is 0 Å². The van der Waals surface area contributed by atoms with Gasteiger partial charge >= 0.3 is 0 Å². The lowest BCUT2D eigenvalue weighted by Gasteiger charge is -2.04. The number of likely N-dealkylation sites (N-methyl/N-ethyl adjacent to an activating group) is 1. The molecule has 0 aliphatic rings. The summed E-state index contributed by atoms with van der Waals surface area (Å²) >= 11 is 0. The first-order valence-corrected chi connectivity index (χ1v) is 5.08. The van der Waals surface area contributed by atoms with Gasteiger partial charge < -0.3 is 10.6 Å². The standard InChI is InChI=1S/C10H18N4/c1-3-4-9-5-6-10(14-13-9)12-8-7-11-2/h5-6,11H,3-4,7-8H2,1-2H3,(H,12,14). The number of nitrogens with one attached hydrogen (secondary N) is 2. The predicted molar refractivity (Wildman–Crippen MR) is 58.4 cm³/mol. The van der Waals surface area contributed by atoms with E-state index in [0.29, 0.717) is 0 Å². The van der Waals surface area contributed by atoms with Gasteiger partial charge in [-0.3, -0.25) is 0 Å². The Balaban J connectivity index is 2.38. The van der Waals surface area contributed by atoms with Gasteiger partial charge in [0.15, 0.2) is 0 Å². The third-order valence-corrected chi connectivity index (χ3v) is 1.91. The van der Waals surface area contributed by atoms with E-state index in [1.165, 1.54) is 0 Å². The highest BCUT2D eigenvalue weighted by Crippen LogP contribution is 2.02. The Morgan fingerprint density at radius 2 is 2.07 bits per heavy atom. The van der Waals surface area contributed by atoms with Crippen LogP contribution >= 0.6 is 0 Å². The SMILES string of the molecule is CCCc1ccc(NCCNC)nn1. The van der Waals surface area contributed by atoms with Crippen molar-refractivity contribution < 1.29 is 0 Å². The quantitative estimate of drug-likeness (QED) is 0.665. The first-order chi connectivity index (χ1) is 6.86. The monoisotopic (exact) mass is 194 g/mol. The number of aromatic nitrogens is 2. The second-order valence-corrected chi connectivity index (χ2v) is 3.19. The minimum Gasteiger partial charge on any atom is -0.367 e. The van der Waals surface area contributed by atoms with Crippen molar-refractivity contribution in [1.82, 2.24) is 15.5 Å². The molecule has 78 valence electrons. The van der Waals surface area contributed by atoms with E-state index in [0.717, 1.165) is 37.4 Å². The van der Waals surface area contributed by atoms with E-state index in [-0.39, 0.29) is 0 Å². The molecule has 0 atom stereocenters. The Hall–Kier alpha value is -1.16. The van der Waals surface area contributed by atoms with E-state index < -0.39 is 0 Å². The van der Waals surface area contributed by atoms with Crippen LogP contribution < -0.4 is 10.6 Å². The Labute approximate surface area is 85.1 Å². The van der Waals surface area contributed by atoms with Gasteiger partial charge in [0, 0.05) is 13.1 Å². The van der Waals surface area contributed by atoms with Gasteiger partial charge in [0.05, 0.1) is 5.69 Å². The summed E-state index contributed by atoms with van der Waals surface area (Å²) in [6.07, 6.45) is 2.12. The second kappa shape index (κ2) is 6.32. The number of anilines is 1. The van der Waals surface area contributed by atoms with Gasteiger partial charge in [-0.05, 0) is 25.6 Å². The van der Waals surface area contributed by atoms with Gasteiger partial charge in [-0.15, -0.1) is 5.10 Å². The summed E-state index contributed by atoms with van der Waals surface area (Å²) in [5.74, 6) is 0.847. The zero-order chi connectivity index (χ0) is 10.2. The predicted octanol–water partition coefficient (Wildman–Crippen LogP) is 1.06. The first kappa shape index (κ1) is 10.9. The highest BCUT2D eigenvalue weighted by molar-refractivity contribution is 5.32. The summed E-state index contributed by atoms with van der Waals surface area (Å²) in [6, 6.07) is 4.01. The van der Waals surface area contributed by atoms with Gasteiger partial charge in [0.2, 0.25) is 0 Å². The van der Waals surface area contributed by atoms with Crippen LogP contribution in [0, 0.1) is 0 Å². The number of rotatable bonds is 6. The fourth-order valence-electron chi connectivity index (χ4n) is 1.16. The second-order valence-electron chi connectivity index (χ2n) is 3.19. The molecule has 4 nitrogen and oxygen atoms in total. The van der Waals surface area contributed by atoms with Gasteiger partial charge in [-0.1, -0.05) is 13.3 Å². The molecule has 4 heteroatoms. The normalized spacial score (nSPS) is 10.1. The molecule has 0 amide bonds. The molecule has 0 fully saturated rings. The Kier molecular flexibility index (Phi) is 4.93. The largest absolute Gasteiger partial charge is 0.367 e. The highest BCUT2D eigenvalue weighted by Gasteiger charge is 1.95. The van der Waals surface area contributed by atoms with Crippen molar-refractivity contribution in [3.8, 4) is 0 Å². The number of hydrogen-bond acceptors (Lipinski definition) is 4. The van der Waals surface area contributed by atoms with Gasteiger partial charge in [0.1, 0.15) is 5.82 Å². The van der Waals surface area contributed by atoms with Crippen LogP contribution in [0.3, 0.4) is 0 Å². The summed E-state index contributed by atoms with van der Waals surface area (Å²) in [6.45, 7) is 3.94. The zero-order valence-electron chi connectivity index (χ0n) is 8.88. The molecule has 1 aromatic heterocycles. The molecule has 14 heavy (non-hydrogen) atoms. The van der Waals surface area contributed by atoms with Crippen LogP contribution in [0.4, 0.5) is 5.82 Å². The lowest BCUT2D eigenvalue weighted by Crippen LogP contribution is -2.18. The van der Waals surface area contributed by atoms with Crippen molar-refractivity contribution in [2.24, 2.45) is 0 Å². The topological polar surface area (TPSA) is 49.8 Å². The third kappa shape index (κ3) is 3.70. The lowest BCUT2D eigenvalue weighted by molar-refractivity contribution is 0.809. The maximum atomic E-state index is 4.11. The molecule has 0 bridgehead atoms. The van der Waals surface area contributed by atoms with E-state index in [1.54, 1.807) is 0 Å². The molecule has 0 spiro atoms. The van der Waals surface area contributed by atoms with Crippen molar-refractivity contribution >= 4 is 5.82 Å². The molecule has 1 aromatic rings. The van der Waals surface area contributed by atoms with Gasteiger partial charge in [-0.2, -0.15) is 5.10 Å². The van der Waals surface area contributed by atoms with Crippen molar-refractivity contribution in [1.29, 1.82) is 0 Å². The van der Waals surface area contributed by atoms with E-state index in [2.05, 4.69) is 27.8 Å². The molecule has 0 saturated carbocycles. The summed E-state index contributed by atoms with van der Waals surface area (Å²) in [5.41, 5.74) is 1.06. The van der Waals surface area contributed by atoms with Crippen LogP contribution in [0.15, 0.2) is 12.1 Å². The molecule has 2 N–H and O–H groups in total. The molecular weight excluding hydrogens is 176 g/mol. The van der Waals surface area contributed by atoms with E-state index in [4.69, 9.17) is 0 Å². The Morgan fingerprint density at radius 1 is 1.21 bits per heavy atom. The van der Waals surface area contributed by atoms with Crippen LogP contribution in [0.25, 0.3) is 0 Å². The molecule has 0 aliphatic heterocycles. The molecular formula is C10H18N4. The summed E-state index contributed by atoms with van der Waals surface area (Å²) in [7, 11) is 1.93. The van der Waals surface area contributed by atoms with Crippen LogP contribution in [-0.2, 0) is 6.42 Å². The van der Waals surface area contributed by atoms with Crippen molar-refractivity contribution in [2.45, 2.75) is 19.8 Å². The minimum atomic E-state index is 0.847. The van der Waals surface area contributed by atoms with Gasteiger partial charge in [0.25, 0.3) is 0 Å². The average Bonchev–Trinajstić information content (AvgIpc) is 2.21. The fraction of sp³-hybridized carbons (Fsp3) is 0.600. The minimum absolute atomic E-state index is 0.847. The Bertz CT molecular complexity index is 245. The molecule has 0 aliphatic carbocycles. The van der Waals surface area contributed by atoms with Crippen molar-refractivity contribution in [3.63, 3.8) is 0 Å². The first-order valence-electron chi connectivity index (χ1n) is 5.08. The van der Waals surface area contributed by atoms with Gasteiger partial charge in [-0.25, -0.2) is 0 Å². The molecule has 0 radical (unpaired) electrons. The number of nitrogens with zero attached hydrogens (tertiary/aromatic N) is 2. The van der Waals surface area contributed by atoms with Crippen LogP contribution in [0.1, 0.15) is 19.0 Å². The van der Waals surface area contributed by atoms with E-state index in [1.807, 2.05) is 19.2 Å². The smallest absolute Gasteiger partial charge is 0.148 e. The number of aryl methyl sites for hydroxylation is 1. The van der Waals surface area contributed by atoms with E-state index in [9.17, 15) is 0 Å². The summed E-state index contributed by atoms with van der Waals surface area (Å²) in [4.78, 5) is 0. The molecule has 0 saturated heterocycles. The molecule has 1 rings (SSSR count). The summed E-state index contributed by atoms with van der Waals surface area (Å²) < 4.78 is 0. The third-order valence-electron chi connectivity index (χ3n) is 1.91. The Morgan fingerprint density at radius 3 is 2.64 bits per heavy atom. The van der Waals surface area contributed by atoms with Crippen LogP contribution in [0.5, 0.6) is 0 Å². The number of hydrogen-bond donors (Lipinski definition) is 2. The van der Waals surface area contributed by atoms with Crippen molar-refractivity contribution in [2.75, 3.05) is 25.5 Å². The fourth-order valence-corrected chi connectivity index (χ4v) is 1.16. The molecule has 0 aromatic carbocycles. The lowest BCUT2D eigenvalue weighted by atomic mass is 10.2. The van der Waals surface area contributed by atoms with Crippen LogP contribution in [-0.4, -0.2) is 30.3 Å².